The molecule has 0 saturated carbocycles. The molecule has 0 atom stereocenters. The van der Waals surface area contributed by atoms with Crippen molar-refractivity contribution in [2.45, 2.75) is 79.1 Å². The SMILES string of the molecule is Cc1cc(C(=O)CCOCCOCCOCCOCCC(=O)c2cc(C)c(O)c(C(C)(C)C)c2)cc(C(C)(C)C)c1O. The highest BCUT2D eigenvalue weighted by Crippen LogP contribution is 2.35. The number of aromatic hydroxyl groups is 2. The maximum absolute atomic E-state index is 12.6. The maximum Gasteiger partial charge on any atom is 0.165 e. The van der Waals surface area contributed by atoms with E-state index in [0.717, 1.165) is 11.1 Å². The Morgan fingerprint density at radius 3 is 1.12 bits per heavy atom. The second-order valence-corrected chi connectivity index (χ2v) is 12.7. The van der Waals surface area contributed by atoms with E-state index in [2.05, 4.69) is 0 Å². The zero-order valence-electron chi connectivity index (χ0n) is 26.7. The van der Waals surface area contributed by atoms with E-state index >= 15 is 0 Å². The van der Waals surface area contributed by atoms with Crippen LogP contribution in [0.2, 0.25) is 0 Å². The number of aryl methyl sites for hydroxylation is 2. The number of Topliss-reactive ketones (excluding diaryl/α,β-unsaturated/α-hetero) is 2. The summed E-state index contributed by atoms with van der Waals surface area (Å²) in [6.07, 6.45) is 0.518. The molecule has 0 heterocycles. The van der Waals surface area contributed by atoms with E-state index in [-0.39, 0.29) is 46.7 Å². The standard InChI is InChI=1S/C34H50O8/c1-23-19-25(21-27(31(23)37)33(3,4)5)29(35)9-11-39-13-15-41-17-18-42-16-14-40-12-10-30(36)26-20-24(2)32(38)28(22-26)34(6,7)8/h19-22,37-38H,9-18H2,1-8H3. The van der Waals surface area contributed by atoms with Gasteiger partial charge in [0.15, 0.2) is 11.6 Å². The lowest BCUT2D eigenvalue weighted by Gasteiger charge is -2.22. The number of rotatable bonds is 17. The van der Waals surface area contributed by atoms with Crippen LogP contribution in [0.4, 0.5) is 0 Å². The molecule has 0 aromatic heterocycles. The molecule has 0 bridgehead atoms. The number of carbonyl (C=O) groups is 2. The molecule has 0 unspecified atom stereocenters. The molecule has 234 valence electrons. The van der Waals surface area contributed by atoms with E-state index in [1.807, 2.05) is 41.5 Å². The Morgan fingerprint density at radius 1 is 0.548 bits per heavy atom. The minimum atomic E-state index is -0.262. The minimum Gasteiger partial charge on any atom is -0.507 e. The summed E-state index contributed by atoms with van der Waals surface area (Å²) in [7, 11) is 0. The van der Waals surface area contributed by atoms with E-state index in [9.17, 15) is 19.8 Å². The highest BCUT2D eigenvalue weighted by molar-refractivity contribution is 5.97. The van der Waals surface area contributed by atoms with Gasteiger partial charge >= 0.3 is 0 Å². The van der Waals surface area contributed by atoms with Gasteiger partial charge in [0, 0.05) is 35.1 Å². The molecule has 0 spiro atoms. The maximum atomic E-state index is 12.6. The number of benzene rings is 2. The van der Waals surface area contributed by atoms with Crippen LogP contribution in [-0.2, 0) is 29.8 Å². The van der Waals surface area contributed by atoms with Gasteiger partial charge in [0.25, 0.3) is 0 Å². The van der Waals surface area contributed by atoms with Crippen LogP contribution in [0.5, 0.6) is 11.5 Å². The fourth-order valence-corrected chi connectivity index (χ4v) is 4.40. The molecule has 0 saturated heterocycles. The number of carbonyl (C=O) groups excluding carboxylic acids is 2. The first kappa shape index (κ1) is 35.4. The van der Waals surface area contributed by atoms with Crippen molar-refractivity contribution in [2.75, 3.05) is 52.9 Å². The monoisotopic (exact) mass is 586 g/mol. The van der Waals surface area contributed by atoms with Gasteiger partial charge in [0.1, 0.15) is 11.5 Å². The van der Waals surface area contributed by atoms with Crippen LogP contribution in [0, 0.1) is 13.8 Å². The lowest BCUT2D eigenvalue weighted by molar-refractivity contribution is -0.00172. The predicted octanol–water partition coefficient (Wildman–Crippen LogP) is 6.22. The summed E-state index contributed by atoms with van der Waals surface area (Å²) < 4.78 is 22.1. The number of hydrogen-bond donors (Lipinski definition) is 2. The first-order valence-electron chi connectivity index (χ1n) is 14.7. The molecule has 0 aliphatic heterocycles. The highest BCUT2D eigenvalue weighted by Gasteiger charge is 2.23. The van der Waals surface area contributed by atoms with Gasteiger partial charge in [0.2, 0.25) is 0 Å². The fourth-order valence-electron chi connectivity index (χ4n) is 4.40. The van der Waals surface area contributed by atoms with Crippen molar-refractivity contribution in [1.29, 1.82) is 0 Å². The van der Waals surface area contributed by atoms with E-state index < -0.39 is 0 Å². The molecule has 0 radical (unpaired) electrons. The van der Waals surface area contributed by atoms with Crippen LogP contribution < -0.4 is 0 Å². The van der Waals surface area contributed by atoms with E-state index in [0.29, 0.717) is 75.1 Å². The van der Waals surface area contributed by atoms with Crippen molar-refractivity contribution < 1.29 is 38.7 Å². The topological polar surface area (TPSA) is 112 Å². The van der Waals surface area contributed by atoms with Crippen LogP contribution >= 0.6 is 0 Å². The van der Waals surface area contributed by atoms with Gasteiger partial charge in [-0.2, -0.15) is 0 Å². The van der Waals surface area contributed by atoms with Gasteiger partial charge in [-0.05, 0) is 60.1 Å². The van der Waals surface area contributed by atoms with Crippen LogP contribution in [0.25, 0.3) is 0 Å². The predicted molar refractivity (Wildman–Crippen MR) is 164 cm³/mol. The number of ketones is 2. The van der Waals surface area contributed by atoms with Crippen LogP contribution in [0.3, 0.4) is 0 Å². The Hall–Kier alpha value is -2.78. The van der Waals surface area contributed by atoms with Gasteiger partial charge in [-0.15, -0.1) is 0 Å². The summed E-state index contributed by atoms with van der Waals surface area (Å²) in [4.78, 5) is 25.2. The molecular formula is C34H50O8. The number of phenols is 2. The molecule has 2 rings (SSSR count). The first-order chi connectivity index (χ1) is 19.6. The average molecular weight is 587 g/mol. The Bertz CT molecular complexity index is 1090. The number of phenolic OH excluding ortho intramolecular Hbond substituents is 2. The van der Waals surface area contributed by atoms with Crippen molar-refractivity contribution in [2.24, 2.45) is 0 Å². The Balaban J connectivity index is 1.52. The van der Waals surface area contributed by atoms with Crippen molar-refractivity contribution in [3.63, 3.8) is 0 Å². The molecule has 0 aliphatic carbocycles. The smallest absolute Gasteiger partial charge is 0.165 e. The summed E-state index contributed by atoms with van der Waals surface area (Å²) in [5, 5.41) is 20.7. The van der Waals surface area contributed by atoms with Gasteiger partial charge < -0.3 is 29.2 Å². The second-order valence-electron chi connectivity index (χ2n) is 12.7. The van der Waals surface area contributed by atoms with Crippen molar-refractivity contribution in [3.05, 3.63) is 57.6 Å². The van der Waals surface area contributed by atoms with E-state index in [1.54, 1.807) is 38.1 Å². The summed E-state index contributed by atoms with van der Waals surface area (Å²) in [6.45, 7) is 18.6. The molecule has 8 nitrogen and oxygen atoms in total. The fraction of sp³-hybridized carbons (Fsp3) is 0.588. The average Bonchev–Trinajstić information content (AvgIpc) is 2.90. The molecule has 42 heavy (non-hydrogen) atoms. The third-order valence-electron chi connectivity index (χ3n) is 6.92. The zero-order chi connectivity index (χ0) is 31.5. The quantitative estimate of drug-likeness (QED) is 0.166. The van der Waals surface area contributed by atoms with Crippen LogP contribution in [-0.4, -0.2) is 74.6 Å². The molecule has 2 aromatic rings. The molecule has 0 amide bonds. The normalized spacial score (nSPS) is 12.1. The summed E-state index contributed by atoms with van der Waals surface area (Å²) in [5.74, 6) is 0.448. The van der Waals surface area contributed by atoms with E-state index in [4.69, 9.17) is 18.9 Å². The highest BCUT2D eigenvalue weighted by atomic mass is 16.6. The number of hydrogen-bond acceptors (Lipinski definition) is 8. The molecule has 8 heteroatoms. The minimum absolute atomic E-state index is 0.0189. The Labute approximate surface area is 251 Å². The largest absolute Gasteiger partial charge is 0.507 e. The van der Waals surface area contributed by atoms with Gasteiger partial charge in [-0.25, -0.2) is 0 Å². The molecular weight excluding hydrogens is 536 g/mol. The van der Waals surface area contributed by atoms with Gasteiger partial charge in [-0.1, -0.05) is 41.5 Å². The van der Waals surface area contributed by atoms with Crippen LogP contribution in [0.1, 0.15) is 97.4 Å². The van der Waals surface area contributed by atoms with Gasteiger partial charge in [0.05, 0.1) is 52.9 Å². The molecule has 2 N–H and O–H groups in total. The van der Waals surface area contributed by atoms with Crippen molar-refractivity contribution in [3.8, 4) is 11.5 Å². The third kappa shape index (κ3) is 11.1. The second kappa shape index (κ2) is 16.2. The third-order valence-corrected chi connectivity index (χ3v) is 6.92. The van der Waals surface area contributed by atoms with Crippen LogP contribution in [0.15, 0.2) is 24.3 Å². The summed E-state index contributed by atoms with van der Waals surface area (Å²) >= 11 is 0. The molecule has 0 fully saturated rings. The summed E-state index contributed by atoms with van der Waals surface area (Å²) in [6, 6.07) is 7.00. The lowest BCUT2D eigenvalue weighted by Crippen LogP contribution is -2.15. The number of ether oxygens (including phenoxy) is 4. The Kier molecular flexibility index (Phi) is 13.6. The zero-order valence-corrected chi connectivity index (χ0v) is 26.7. The molecule has 0 aliphatic rings. The summed E-state index contributed by atoms with van der Waals surface area (Å²) in [5.41, 5.74) is 3.57. The molecule has 2 aromatic carbocycles. The van der Waals surface area contributed by atoms with E-state index in [1.165, 1.54) is 0 Å². The van der Waals surface area contributed by atoms with Crippen molar-refractivity contribution >= 4 is 11.6 Å². The lowest BCUT2D eigenvalue weighted by atomic mass is 9.83. The van der Waals surface area contributed by atoms with Crippen molar-refractivity contribution in [1.82, 2.24) is 0 Å². The first-order valence-corrected chi connectivity index (χ1v) is 14.7. The van der Waals surface area contributed by atoms with Gasteiger partial charge in [-0.3, -0.25) is 9.59 Å². The Morgan fingerprint density at radius 2 is 0.833 bits per heavy atom.